The van der Waals surface area contributed by atoms with Crippen molar-refractivity contribution in [1.82, 2.24) is 14.5 Å². The fraction of sp³-hybridized carbons (Fsp3) is 0.348. The largest absolute Gasteiger partial charge is 0.463 e. The predicted octanol–water partition coefficient (Wildman–Crippen LogP) is 2.85. The summed E-state index contributed by atoms with van der Waals surface area (Å²) in [6.45, 7) is 5.40. The zero-order valence-electron chi connectivity index (χ0n) is 17.7. The first-order valence-corrected chi connectivity index (χ1v) is 9.96. The fourth-order valence-electron chi connectivity index (χ4n) is 3.43. The number of benzene rings is 2. The highest BCUT2D eigenvalue weighted by Gasteiger charge is 2.21. The van der Waals surface area contributed by atoms with Crippen LogP contribution in [0.3, 0.4) is 0 Å². The number of amides is 1. The summed E-state index contributed by atoms with van der Waals surface area (Å²) in [7, 11) is 1.68. The SMILES string of the molecule is Cc1ccc([C@@H](CC(=O)OC(C)C)NC(=O)Cn2c(=O)n(C)c3ccccc32)cc1. The maximum atomic E-state index is 12.8. The van der Waals surface area contributed by atoms with E-state index in [1.165, 1.54) is 9.13 Å². The summed E-state index contributed by atoms with van der Waals surface area (Å²) in [5, 5.41) is 2.90. The minimum absolute atomic E-state index is 0.0113. The van der Waals surface area contributed by atoms with Gasteiger partial charge in [0.15, 0.2) is 0 Å². The van der Waals surface area contributed by atoms with E-state index in [0.717, 1.165) is 16.6 Å². The highest BCUT2D eigenvalue weighted by Crippen LogP contribution is 2.19. The summed E-state index contributed by atoms with van der Waals surface area (Å²) >= 11 is 0. The maximum Gasteiger partial charge on any atom is 0.329 e. The minimum atomic E-state index is -0.546. The van der Waals surface area contributed by atoms with Crippen LogP contribution in [0.1, 0.15) is 37.4 Å². The van der Waals surface area contributed by atoms with Gasteiger partial charge in [0.1, 0.15) is 6.54 Å². The Morgan fingerprint density at radius 1 is 1.03 bits per heavy atom. The molecule has 1 amide bonds. The number of rotatable bonds is 7. The van der Waals surface area contributed by atoms with Crippen molar-refractivity contribution in [2.75, 3.05) is 0 Å². The van der Waals surface area contributed by atoms with Crippen LogP contribution in [-0.4, -0.2) is 27.1 Å². The molecule has 0 unspecified atom stereocenters. The number of nitrogens with one attached hydrogen (secondary N) is 1. The third-order valence-electron chi connectivity index (χ3n) is 4.91. The lowest BCUT2D eigenvalue weighted by molar-refractivity contribution is -0.148. The number of imidazole rings is 1. The van der Waals surface area contributed by atoms with Crippen LogP contribution < -0.4 is 11.0 Å². The molecular formula is C23H27N3O4. The lowest BCUT2D eigenvalue weighted by Crippen LogP contribution is -2.36. The number of fused-ring (bicyclic) bond motifs is 1. The molecule has 0 spiro atoms. The van der Waals surface area contributed by atoms with Gasteiger partial charge in [-0.15, -0.1) is 0 Å². The van der Waals surface area contributed by atoms with Crippen molar-refractivity contribution in [3.05, 3.63) is 70.1 Å². The van der Waals surface area contributed by atoms with Gasteiger partial charge in [0.2, 0.25) is 5.91 Å². The average molecular weight is 409 g/mol. The Kier molecular flexibility index (Phi) is 6.40. The van der Waals surface area contributed by atoms with Crippen LogP contribution in [0.2, 0.25) is 0 Å². The average Bonchev–Trinajstić information content (AvgIpc) is 2.92. The third kappa shape index (κ3) is 4.79. The zero-order valence-corrected chi connectivity index (χ0v) is 17.7. The van der Waals surface area contributed by atoms with E-state index in [4.69, 9.17) is 4.74 Å². The molecular weight excluding hydrogens is 382 g/mol. The van der Waals surface area contributed by atoms with Crippen molar-refractivity contribution in [3.8, 4) is 0 Å². The molecule has 0 aliphatic carbocycles. The van der Waals surface area contributed by atoms with E-state index >= 15 is 0 Å². The molecule has 0 aliphatic rings. The standard InChI is InChI=1S/C23H27N3O4/c1-15(2)30-22(28)13-18(17-11-9-16(3)10-12-17)24-21(27)14-26-20-8-6-5-7-19(20)25(4)23(26)29/h5-12,15,18H,13-14H2,1-4H3,(H,24,27)/t18-/m1/s1. The summed E-state index contributed by atoms with van der Waals surface area (Å²) in [6, 6.07) is 14.4. The highest BCUT2D eigenvalue weighted by atomic mass is 16.5. The van der Waals surface area contributed by atoms with Gasteiger partial charge in [0.25, 0.3) is 0 Å². The van der Waals surface area contributed by atoms with Crippen LogP contribution in [-0.2, 0) is 27.9 Å². The number of aromatic nitrogens is 2. The van der Waals surface area contributed by atoms with E-state index in [2.05, 4.69) is 5.32 Å². The lowest BCUT2D eigenvalue weighted by atomic mass is 10.0. The van der Waals surface area contributed by atoms with Crippen molar-refractivity contribution in [2.24, 2.45) is 7.05 Å². The fourth-order valence-corrected chi connectivity index (χ4v) is 3.43. The Hall–Kier alpha value is -3.35. The van der Waals surface area contributed by atoms with Gasteiger partial charge < -0.3 is 10.1 Å². The molecule has 1 aromatic heterocycles. The van der Waals surface area contributed by atoms with Crippen molar-refractivity contribution in [2.45, 2.75) is 45.9 Å². The first-order valence-electron chi connectivity index (χ1n) is 9.96. The van der Waals surface area contributed by atoms with Crippen LogP contribution >= 0.6 is 0 Å². The molecule has 0 saturated carbocycles. The number of nitrogens with zero attached hydrogens (tertiary/aromatic N) is 2. The normalized spacial score (nSPS) is 12.2. The molecule has 7 nitrogen and oxygen atoms in total. The molecule has 0 fully saturated rings. The number of hydrogen-bond acceptors (Lipinski definition) is 4. The molecule has 2 aromatic carbocycles. The van der Waals surface area contributed by atoms with Gasteiger partial charge in [-0.2, -0.15) is 0 Å². The van der Waals surface area contributed by atoms with Crippen LogP contribution in [0.25, 0.3) is 11.0 Å². The van der Waals surface area contributed by atoms with E-state index in [9.17, 15) is 14.4 Å². The molecule has 1 atom stereocenters. The van der Waals surface area contributed by atoms with E-state index in [-0.39, 0.29) is 30.7 Å². The smallest absolute Gasteiger partial charge is 0.329 e. The number of aryl methyl sites for hydroxylation is 2. The van der Waals surface area contributed by atoms with Gasteiger partial charge >= 0.3 is 11.7 Å². The topological polar surface area (TPSA) is 82.3 Å². The molecule has 3 aromatic rings. The molecule has 0 bridgehead atoms. The number of hydrogen-bond donors (Lipinski definition) is 1. The number of para-hydroxylation sites is 2. The second-order valence-electron chi connectivity index (χ2n) is 7.69. The van der Waals surface area contributed by atoms with E-state index in [0.29, 0.717) is 5.52 Å². The quantitative estimate of drug-likeness (QED) is 0.609. The first-order chi connectivity index (χ1) is 14.3. The Morgan fingerprint density at radius 2 is 1.67 bits per heavy atom. The Morgan fingerprint density at radius 3 is 2.30 bits per heavy atom. The molecule has 0 radical (unpaired) electrons. The van der Waals surface area contributed by atoms with Crippen molar-refractivity contribution in [1.29, 1.82) is 0 Å². The minimum Gasteiger partial charge on any atom is -0.463 e. The van der Waals surface area contributed by atoms with Gasteiger partial charge in [0, 0.05) is 7.05 Å². The Labute approximate surface area is 175 Å². The van der Waals surface area contributed by atoms with Crippen LogP contribution in [0.5, 0.6) is 0 Å². The molecule has 7 heteroatoms. The summed E-state index contributed by atoms with van der Waals surface area (Å²) < 4.78 is 8.20. The molecule has 3 rings (SSSR count). The summed E-state index contributed by atoms with van der Waals surface area (Å²) in [5.74, 6) is -0.741. The van der Waals surface area contributed by atoms with Gasteiger partial charge in [-0.1, -0.05) is 42.0 Å². The summed E-state index contributed by atoms with van der Waals surface area (Å²) in [4.78, 5) is 37.7. The second kappa shape index (κ2) is 8.98. The van der Waals surface area contributed by atoms with Crippen molar-refractivity contribution in [3.63, 3.8) is 0 Å². The van der Waals surface area contributed by atoms with Crippen LogP contribution in [0, 0.1) is 6.92 Å². The third-order valence-corrected chi connectivity index (χ3v) is 4.91. The number of esters is 1. The number of ether oxygens (including phenoxy) is 1. The second-order valence-corrected chi connectivity index (χ2v) is 7.69. The predicted molar refractivity (Wildman–Crippen MR) is 115 cm³/mol. The van der Waals surface area contributed by atoms with Crippen molar-refractivity contribution < 1.29 is 14.3 Å². The Bertz CT molecular complexity index is 1110. The van der Waals surface area contributed by atoms with Gasteiger partial charge in [-0.05, 0) is 38.5 Å². The Balaban J connectivity index is 1.83. The highest BCUT2D eigenvalue weighted by molar-refractivity contribution is 5.81. The molecule has 1 heterocycles. The van der Waals surface area contributed by atoms with E-state index < -0.39 is 12.0 Å². The van der Waals surface area contributed by atoms with Crippen molar-refractivity contribution >= 4 is 22.9 Å². The van der Waals surface area contributed by atoms with Gasteiger partial charge in [0.05, 0.1) is 29.6 Å². The van der Waals surface area contributed by atoms with Crippen LogP contribution in [0.4, 0.5) is 0 Å². The monoisotopic (exact) mass is 409 g/mol. The van der Waals surface area contributed by atoms with Crippen LogP contribution in [0.15, 0.2) is 53.3 Å². The summed E-state index contributed by atoms with van der Waals surface area (Å²) in [5.41, 5.74) is 3.06. The van der Waals surface area contributed by atoms with Gasteiger partial charge in [-0.3, -0.25) is 18.7 Å². The first kappa shape index (κ1) is 21.4. The molecule has 0 saturated heterocycles. The van der Waals surface area contributed by atoms with Gasteiger partial charge in [-0.25, -0.2) is 4.79 Å². The van der Waals surface area contributed by atoms with E-state index in [1.807, 2.05) is 55.5 Å². The molecule has 30 heavy (non-hydrogen) atoms. The zero-order chi connectivity index (χ0) is 21.8. The molecule has 0 aliphatic heterocycles. The molecule has 1 N–H and O–H groups in total. The molecule has 158 valence electrons. The lowest BCUT2D eigenvalue weighted by Gasteiger charge is -2.20. The summed E-state index contributed by atoms with van der Waals surface area (Å²) in [6.07, 6.45) is -0.224. The number of carbonyl (C=O) groups excluding carboxylic acids is 2. The van der Waals surface area contributed by atoms with E-state index in [1.54, 1.807) is 20.9 Å². The maximum absolute atomic E-state index is 12.8. The number of carbonyl (C=O) groups is 2.